The molecule has 1 aromatic rings. The number of nitriles is 2. The molecule has 6 nitrogen and oxygen atoms in total. The van der Waals surface area contributed by atoms with Crippen molar-refractivity contribution in [1.29, 1.82) is 10.5 Å². The molecule has 1 aliphatic heterocycles. The van der Waals surface area contributed by atoms with E-state index >= 15 is 0 Å². The number of hydrogen-bond donors (Lipinski definition) is 2. The fraction of sp³-hybridized carbons (Fsp3) is 0.333. The summed E-state index contributed by atoms with van der Waals surface area (Å²) in [6, 6.07) is 13.1. The maximum Gasteiger partial charge on any atom is 0.243 e. The Morgan fingerprint density at radius 3 is 2.52 bits per heavy atom. The molecule has 2 N–H and O–H groups in total. The molecular weight excluding hydrogens is 336 g/mol. The average Bonchev–Trinajstić information content (AvgIpc) is 2.55. The minimum Gasteiger partial charge on any atom is -0.325 e. The zero-order valence-electron chi connectivity index (χ0n) is 14.2. The molecule has 1 aromatic carbocycles. The van der Waals surface area contributed by atoms with Crippen LogP contribution in [0.15, 0.2) is 40.9 Å². The molecule has 1 heterocycles. The number of benzene rings is 1. The first kappa shape index (κ1) is 18.6. The summed E-state index contributed by atoms with van der Waals surface area (Å²) in [6.45, 7) is 5.07. The highest BCUT2D eigenvalue weighted by molar-refractivity contribution is 8.04. The lowest BCUT2D eigenvalue weighted by Crippen LogP contribution is -2.45. The van der Waals surface area contributed by atoms with Crippen LogP contribution < -0.4 is 10.6 Å². The average molecular weight is 354 g/mol. The molecular formula is C18H18N4O2S. The van der Waals surface area contributed by atoms with E-state index in [1.54, 1.807) is 32.9 Å². The van der Waals surface area contributed by atoms with Gasteiger partial charge in [0.15, 0.2) is 0 Å². The second-order valence-corrected chi connectivity index (χ2v) is 7.56. The van der Waals surface area contributed by atoms with Crippen LogP contribution in [0.1, 0.15) is 20.8 Å². The third-order valence-electron chi connectivity index (χ3n) is 4.04. The lowest BCUT2D eigenvalue weighted by molar-refractivity contribution is -0.125. The smallest absolute Gasteiger partial charge is 0.243 e. The van der Waals surface area contributed by atoms with Gasteiger partial charge in [0, 0.05) is 11.1 Å². The molecule has 25 heavy (non-hydrogen) atoms. The van der Waals surface area contributed by atoms with Crippen molar-refractivity contribution in [3.8, 4) is 12.1 Å². The second kappa shape index (κ2) is 7.42. The van der Waals surface area contributed by atoms with Crippen molar-refractivity contribution in [3.63, 3.8) is 0 Å². The Kier molecular flexibility index (Phi) is 5.51. The zero-order valence-corrected chi connectivity index (χ0v) is 15.0. The van der Waals surface area contributed by atoms with Crippen molar-refractivity contribution in [1.82, 2.24) is 5.32 Å². The van der Waals surface area contributed by atoms with Gasteiger partial charge in [-0.3, -0.25) is 9.59 Å². The molecule has 0 saturated heterocycles. The third-order valence-corrected chi connectivity index (χ3v) is 5.15. The van der Waals surface area contributed by atoms with Crippen molar-refractivity contribution in [3.05, 3.63) is 40.9 Å². The number of allylic oxidation sites excluding steroid dienone is 1. The topological polar surface area (TPSA) is 106 Å². The largest absolute Gasteiger partial charge is 0.325 e. The Balaban J connectivity index is 2.21. The summed E-state index contributed by atoms with van der Waals surface area (Å²) >= 11 is 1.10. The number of para-hydroxylation sites is 1. The number of carbonyl (C=O) groups excluding carboxylic acids is 2. The summed E-state index contributed by atoms with van der Waals surface area (Å²) in [4.78, 5) is 24.5. The highest BCUT2D eigenvalue weighted by Gasteiger charge is 2.45. The predicted octanol–water partition coefficient (Wildman–Crippen LogP) is 2.78. The molecule has 0 bridgehead atoms. The van der Waals surface area contributed by atoms with Crippen LogP contribution in [0.4, 0.5) is 5.69 Å². The molecule has 2 rings (SSSR count). The van der Waals surface area contributed by atoms with E-state index in [4.69, 9.17) is 0 Å². The molecule has 128 valence electrons. The molecule has 0 saturated carbocycles. The van der Waals surface area contributed by atoms with E-state index in [0.29, 0.717) is 16.3 Å². The monoisotopic (exact) mass is 354 g/mol. The molecule has 2 amide bonds. The van der Waals surface area contributed by atoms with E-state index in [1.807, 2.05) is 24.3 Å². The van der Waals surface area contributed by atoms with E-state index in [0.717, 1.165) is 11.8 Å². The maximum atomic E-state index is 12.3. The van der Waals surface area contributed by atoms with E-state index in [9.17, 15) is 20.1 Å². The van der Waals surface area contributed by atoms with E-state index in [2.05, 4.69) is 16.7 Å². The third kappa shape index (κ3) is 3.84. The Morgan fingerprint density at radius 2 is 1.96 bits per heavy atom. The number of thioether (sulfide) groups is 1. The highest BCUT2D eigenvalue weighted by Crippen LogP contribution is 2.42. The van der Waals surface area contributed by atoms with E-state index < -0.39 is 22.5 Å². The van der Waals surface area contributed by atoms with Gasteiger partial charge < -0.3 is 10.6 Å². The van der Waals surface area contributed by atoms with Crippen molar-refractivity contribution in [2.24, 2.45) is 11.3 Å². The lowest BCUT2D eigenvalue weighted by atomic mass is 9.72. The molecule has 0 fully saturated rings. The van der Waals surface area contributed by atoms with Crippen LogP contribution in [0.2, 0.25) is 0 Å². The number of nitrogens with one attached hydrogen (secondary N) is 2. The molecule has 7 heteroatoms. The lowest BCUT2D eigenvalue weighted by Gasteiger charge is -2.35. The molecule has 0 spiro atoms. The van der Waals surface area contributed by atoms with Crippen LogP contribution in [0.25, 0.3) is 0 Å². The second-order valence-electron chi connectivity index (χ2n) is 6.20. The van der Waals surface area contributed by atoms with Crippen molar-refractivity contribution in [2.75, 3.05) is 5.32 Å². The quantitative estimate of drug-likeness (QED) is 0.865. The fourth-order valence-corrected chi connectivity index (χ4v) is 3.62. The summed E-state index contributed by atoms with van der Waals surface area (Å²) in [6.07, 6.45) is 0. The number of carbonyl (C=O) groups is 2. The predicted molar refractivity (Wildman–Crippen MR) is 95.8 cm³/mol. The van der Waals surface area contributed by atoms with Gasteiger partial charge in [-0.25, -0.2) is 0 Å². The number of rotatable bonds is 4. The van der Waals surface area contributed by atoms with Crippen LogP contribution in [0, 0.1) is 34.0 Å². The van der Waals surface area contributed by atoms with Gasteiger partial charge >= 0.3 is 0 Å². The van der Waals surface area contributed by atoms with Gasteiger partial charge in [-0.2, -0.15) is 10.5 Å². The Morgan fingerprint density at radius 1 is 1.32 bits per heavy atom. The minimum atomic E-state index is -0.944. The van der Waals surface area contributed by atoms with Crippen molar-refractivity contribution >= 4 is 29.3 Å². The fourth-order valence-electron chi connectivity index (χ4n) is 2.51. The summed E-state index contributed by atoms with van der Waals surface area (Å²) in [5, 5.41) is 23.9. The van der Waals surface area contributed by atoms with Gasteiger partial charge in [0.1, 0.15) is 5.92 Å². The molecule has 0 aromatic heterocycles. The van der Waals surface area contributed by atoms with Gasteiger partial charge in [-0.15, -0.1) is 0 Å². The molecule has 2 atom stereocenters. The normalized spacial score (nSPS) is 20.0. The van der Waals surface area contributed by atoms with Crippen molar-refractivity contribution in [2.45, 2.75) is 26.0 Å². The number of amides is 2. The standard InChI is InChI=1S/C18H18N4O2S/c1-11(15(23)21-12-7-5-4-6-8-12)25-17-14(10-20)18(2,3)13(9-19)16(24)22-17/h4-8,11,13H,1-3H3,(H,21,23)(H,22,24). The highest BCUT2D eigenvalue weighted by atomic mass is 32.2. The summed E-state index contributed by atoms with van der Waals surface area (Å²) in [7, 11) is 0. The Hall–Kier alpha value is -2.77. The van der Waals surface area contributed by atoms with Crippen LogP contribution in [0.3, 0.4) is 0 Å². The van der Waals surface area contributed by atoms with Gasteiger partial charge in [-0.1, -0.05) is 43.8 Å². The van der Waals surface area contributed by atoms with E-state index in [1.165, 1.54) is 0 Å². The molecule has 2 unspecified atom stereocenters. The maximum absolute atomic E-state index is 12.3. The molecule has 1 aliphatic rings. The van der Waals surface area contributed by atoms with Crippen LogP contribution >= 0.6 is 11.8 Å². The first-order valence-electron chi connectivity index (χ1n) is 7.69. The van der Waals surface area contributed by atoms with Crippen LogP contribution in [0.5, 0.6) is 0 Å². The summed E-state index contributed by atoms with van der Waals surface area (Å²) < 4.78 is 0. The summed E-state index contributed by atoms with van der Waals surface area (Å²) in [5.74, 6) is -1.64. The van der Waals surface area contributed by atoms with Crippen molar-refractivity contribution < 1.29 is 9.59 Å². The first-order chi connectivity index (χ1) is 11.8. The number of nitrogens with zero attached hydrogens (tertiary/aromatic N) is 2. The SMILES string of the molecule is CC(SC1=C(C#N)C(C)(C)C(C#N)C(=O)N1)C(=O)Nc1ccccc1. The zero-order chi connectivity index (χ0) is 18.6. The van der Waals surface area contributed by atoms with Gasteiger partial charge in [-0.05, 0) is 19.1 Å². The van der Waals surface area contributed by atoms with Gasteiger partial charge in [0.05, 0.1) is 28.0 Å². The summed E-state index contributed by atoms with van der Waals surface area (Å²) in [5.41, 5.74) is 0.0686. The van der Waals surface area contributed by atoms with E-state index in [-0.39, 0.29) is 5.91 Å². The number of hydrogen-bond acceptors (Lipinski definition) is 5. The molecule has 0 radical (unpaired) electrons. The first-order valence-corrected chi connectivity index (χ1v) is 8.57. The van der Waals surface area contributed by atoms with Crippen LogP contribution in [-0.4, -0.2) is 17.1 Å². The van der Waals surface area contributed by atoms with Gasteiger partial charge in [0.2, 0.25) is 11.8 Å². The molecule has 0 aliphatic carbocycles. The van der Waals surface area contributed by atoms with Crippen LogP contribution in [-0.2, 0) is 9.59 Å². The number of anilines is 1. The Labute approximate surface area is 150 Å². The Bertz CT molecular complexity index is 803. The minimum absolute atomic E-state index is 0.240. The van der Waals surface area contributed by atoms with Gasteiger partial charge in [0.25, 0.3) is 0 Å².